The van der Waals surface area contributed by atoms with Crippen LogP contribution < -0.4 is 10.2 Å². The van der Waals surface area contributed by atoms with E-state index in [2.05, 4.69) is 20.2 Å². The maximum absolute atomic E-state index is 13.5. The number of hydrogen-bond acceptors (Lipinski definition) is 6. The molecule has 2 aromatic carbocycles. The van der Waals surface area contributed by atoms with Gasteiger partial charge in [0.15, 0.2) is 0 Å². The van der Waals surface area contributed by atoms with Crippen LogP contribution in [0.4, 0.5) is 10.3 Å². The number of carbonyl (C=O) groups is 1. The van der Waals surface area contributed by atoms with Crippen molar-refractivity contribution in [1.29, 1.82) is 0 Å². The molecule has 2 atom stereocenters. The fourth-order valence-corrected chi connectivity index (χ4v) is 4.73. The summed E-state index contributed by atoms with van der Waals surface area (Å²) >= 11 is 0. The number of carbonyl (C=O) groups excluding carboxylic acids is 1. The first-order valence-electron chi connectivity index (χ1n) is 12.3. The molecule has 1 aliphatic heterocycles. The molecule has 1 saturated heterocycles. The summed E-state index contributed by atoms with van der Waals surface area (Å²) in [4.78, 5) is 31.5. The lowest BCUT2D eigenvalue weighted by Gasteiger charge is -2.41. The topological polar surface area (TPSA) is 74.2 Å². The molecule has 0 unspecified atom stereocenters. The molecule has 0 bridgehead atoms. The van der Waals surface area contributed by atoms with Gasteiger partial charge in [0, 0.05) is 49.9 Å². The minimum absolute atomic E-state index is 0.0466. The Kier molecular flexibility index (Phi) is 7.13. The number of anilines is 1. The minimum atomic E-state index is -0.287. The number of fused-ring (bicyclic) bond motifs is 1. The summed E-state index contributed by atoms with van der Waals surface area (Å²) < 4.78 is 13.4. The summed E-state index contributed by atoms with van der Waals surface area (Å²) in [5.41, 5.74) is 2.65. The number of hydrogen-bond donors (Lipinski definition) is 1. The van der Waals surface area contributed by atoms with E-state index in [9.17, 15) is 9.18 Å². The van der Waals surface area contributed by atoms with E-state index in [4.69, 9.17) is 4.98 Å². The van der Waals surface area contributed by atoms with Gasteiger partial charge in [0.1, 0.15) is 5.82 Å². The average Bonchev–Trinajstić information content (AvgIpc) is 2.93. The summed E-state index contributed by atoms with van der Waals surface area (Å²) in [5, 5.41) is 4.36. The van der Waals surface area contributed by atoms with Crippen molar-refractivity contribution in [3.05, 3.63) is 96.2 Å². The predicted octanol–water partition coefficient (Wildman–Crippen LogP) is 4.29. The molecule has 1 aliphatic rings. The highest BCUT2D eigenvalue weighted by Crippen LogP contribution is 2.29. The van der Waals surface area contributed by atoms with E-state index in [0.29, 0.717) is 38.5 Å². The molecule has 0 radical (unpaired) electrons. The Morgan fingerprint density at radius 1 is 1.06 bits per heavy atom. The van der Waals surface area contributed by atoms with Crippen molar-refractivity contribution in [3.8, 4) is 0 Å². The molecular formula is C28H29FN6O. The third kappa shape index (κ3) is 5.18. The Morgan fingerprint density at radius 2 is 1.86 bits per heavy atom. The van der Waals surface area contributed by atoms with Crippen LogP contribution in [-0.4, -0.2) is 51.9 Å². The Bertz CT molecular complexity index is 1320. The smallest absolute Gasteiger partial charge is 0.226 e. The fraction of sp³-hybridized carbons (Fsp3) is 0.286. The van der Waals surface area contributed by atoms with Gasteiger partial charge in [-0.25, -0.2) is 14.4 Å². The number of halogens is 1. The number of para-hydroxylation sites is 1. The molecule has 1 amide bonds. The van der Waals surface area contributed by atoms with Gasteiger partial charge in [0.2, 0.25) is 11.9 Å². The van der Waals surface area contributed by atoms with Crippen LogP contribution in [0.15, 0.2) is 79.1 Å². The van der Waals surface area contributed by atoms with Crippen molar-refractivity contribution in [1.82, 2.24) is 25.2 Å². The monoisotopic (exact) mass is 484 g/mol. The number of rotatable bonds is 7. The molecule has 0 spiro atoms. The zero-order valence-electron chi connectivity index (χ0n) is 20.2. The summed E-state index contributed by atoms with van der Waals surface area (Å²) in [6.07, 6.45) is 3.90. The van der Waals surface area contributed by atoms with Gasteiger partial charge >= 0.3 is 0 Å². The van der Waals surface area contributed by atoms with Gasteiger partial charge in [-0.1, -0.05) is 43.3 Å². The predicted molar refractivity (Wildman–Crippen MR) is 138 cm³/mol. The average molecular weight is 485 g/mol. The molecule has 36 heavy (non-hydrogen) atoms. The first-order chi connectivity index (χ1) is 17.6. The molecule has 2 aromatic heterocycles. The number of nitrogens with one attached hydrogen (secondary N) is 1. The molecule has 184 valence electrons. The normalized spacial score (nSPS) is 16.8. The maximum atomic E-state index is 13.5. The van der Waals surface area contributed by atoms with Gasteiger partial charge in [0.25, 0.3) is 0 Å². The van der Waals surface area contributed by atoms with Crippen molar-refractivity contribution in [2.24, 2.45) is 0 Å². The number of pyridine rings is 1. The van der Waals surface area contributed by atoms with E-state index >= 15 is 0 Å². The van der Waals surface area contributed by atoms with E-state index in [1.165, 1.54) is 12.1 Å². The Hall–Kier alpha value is -3.91. The number of amides is 1. The Morgan fingerprint density at radius 3 is 2.64 bits per heavy atom. The van der Waals surface area contributed by atoms with E-state index in [1.54, 1.807) is 18.3 Å². The highest BCUT2D eigenvalue weighted by Gasteiger charge is 2.33. The Balaban J connectivity index is 1.38. The van der Waals surface area contributed by atoms with E-state index in [-0.39, 0.29) is 23.8 Å². The molecule has 0 aliphatic carbocycles. The lowest BCUT2D eigenvalue weighted by atomic mass is 10.0. The zero-order chi connectivity index (χ0) is 24.9. The SMILES string of the molecule is CCN[C@H](CC(=O)N1CCN(c2ncc3ccccc3n2)[C@@H](c2ccccn2)C1)c1ccc(F)cc1. The molecule has 8 heteroatoms. The number of aromatic nitrogens is 3. The molecular weight excluding hydrogens is 455 g/mol. The van der Waals surface area contributed by atoms with Gasteiger partial charge in [-0.05, 0) is 42.4 Å². The van der Waals surface area contributed by atoms with Gasteiger partial charge < -0.3 is 15.1 Å². The third-order valence-electron chi connectivity index (χ3n) is 6.60. The molecule has 3 heterocycles. The second-order valence-electron chi connectivity index (χ2n) is 8.90. The van der Waals surface area contributed by atoms with Crippen molar-refractivity contribution in [2.45, 2.75) is 25.4 Å². The second kappa shape index (κ2) is 10.8. The standard InChI is InChI=1S/C28H29FN6O/c1-2-30-25(20-10-12-22(29)13-11-20)17-27(36)34-15-16-35(26(19-34)24-9-5-6-14-31-24)28-32-18-21-7-3-4-8-23(21)33-28/h3-14,18,25-26,30H,2,15-17,19H2,1H3/t25-,26-/m1/s1. The second-order valence-corrected chi connectivity index (χ2v) is 8.90. The largest absolute Gasteiger partial charge is 0.338 e. The van der Waals surface area contributed by atoms with Gasteiger partial charge in [-0.2, -0.15) is 0 Å². The molecule has 7 nitrogen and oxygen atoms in total. The highest BCUT2D eigenvalue weighted by atomic mass is 19.1. The van der Waals surface area contributed by atoms with Gasteiger partial charge in [0.05, 0.1) is 17.3 Å². The van der Waals surface area contributed by atoms with Crippen LogP contribution in [0.2, 0.25) is 0 Å². The molecule has 5 rings (SSSR count). The first kappa shape index (κ1) is 23.8. The van der Waals surface area contributed by atoms with Crippen molar-refractivity contribution in [3.63, 3.8) is 0 Å². The summed E-state index contributed by atoms with van der Waals surface area (Å²) in [6.45, 7) is 4.34. The maximum Gasteiger partial charge on any atom is 0.226 e. The highest BCUT2D eigenvalue weighted by molar-refractivity contribution is 5.79. The lowest BCUT2D eigenvalue weighted by molar-refractivity contribution is -0.132. The van der Waals surface area contributed by atoms with Crippen LogP contribution in [0.1, 0.15) is 36.7 Å². The van der Waals surface area contributed by atoms with Crippen LogP contribution in [0.5, 0.6) is 0 Å². The van der Waals surface area contributed by atoms with Crippen LogP contribution in [0.25, 0.3) is 10.9 Å². The van der Waals surface area contributed by atoms with Crippen LogP contribution in [-0.2, 0) is 4.79 Å². The van der Waals surface area contributed by atoms with Crippen LogP contribution >= 0.6 is 0 Å². The van der Waals surface area contributed by atoms with Crippen molar-refractivity contribution in [2.75, 3.05) is 31.1 Å². The van der Waals surface area contributed by atoms with Crippen LogP contribution in [0.3, 0.4) is 0 Å². The number of benzene rings is 2. The zero-order valence-corrected chi connectivity index (χ0v) is 20.2. The molecule has 1 N–H and O–H groups in total. The summed E-state index contributed by atoms with van der Waals surface area (Å²) in [6, 6.07) is 19.7. The lowest BCUT2D eigenvalue weighted by Crippen LogP contribution is -2.51. The van der Waals surface area contributed by atoms with Crippen molar-refractivity contribution >= 4 is 22.8 Å². The molecule has 4 aromatic rings. The summed E-state index contributed by atoms with van der Waals surface area (Å²) in [7, 11) is 0. The summed E-state index contributed by atoms with van der Waals surface area (Å²) in [5.74, 6) is 0.393. The van der Waals surface area contributed by atoms with E-state index in [0.717, 1.165) is 22.2 Å². The first-order valence-corrected chi connectivity index (χ1v) is 12.3. The quantitative estimate of drug-likeness (QED) is 0.422. The number of piperazine rings is 1. The Labute approximate surface area is 210 Å². The van der Waals surface area contributed by atoms with Gasteiger partial charge in [-0.15, -0.1) is 0 Å². The fourth-order valence-electron chi connectivity index (χ4n) is 4.73. The molecule has 1 fully saturated rings. The van der Waals surface area contributed by atoms with E-state index in [1.807, 2.05) is 60.5 Å². The molecule has 0 saturated carbocycles. The van der Waals surface area contributed by atoms with E-state index < -0.39 is 0 Å². The van der Waals surface area contributed by atoms with Gasteiger partial charge in [-0.3, -0.25) is 9.78 Å². The van der Waals surface area contributed by atoms with Crippen molar-refractivity contribution < 1.29 is 9.18 Å². The third-order valence-corrected chi connectivity index (χ3v) is 6.60. The number of nitrogens with zero attached hydrogens (tertiary/aromatic N) is 5. The van der Waals surface area contributed by atoms with Crippen LogP contribution in [0, 0.1) is 5.82 Å². The minimum Gasteiger partial charge on any atom is -0.338 e.